The lowest BCUT2D eigenvalue weighted by atomic mass is 10.1. The molecule has 0 unspecified atom stereocenters. The molecule has 0 spiro atoms. The summed E-state index contributed by atoms with van der Waals surface area (Å²) in [5.74, 6) is -0.346. The molecule has 1 aliphatic rings. The van der Waals surface area contributed by atoms with Crippen molar-refractivity contribution in [3.8, 4) is 0 Å². The molecule has 1 saturated heterocycles. The summed E-state index contributed by atoms with van der Waals surface area (Å²) in [6.07, 6.45) is 0. The van der Waals surface area contributed by atoms with E-state index >= 15 is 0 Å². The summed E-state index contributed by atoms with van der Waals surface area (Å²) in [6.45, 7) is 9.41. The highest BCUT2D eigenvalue weighted by atomic mass is 32.2. The quantitative estimate of drug-likeness (QED) is 0.766. The van der Waals surface area contributed by atoms with Crippen molar-refractivity contribution in [2.75, 3.05) is 26.2 Å². The minimum absolute atomic E-state index is 0.289. The Bertz CT molecular complexity index is 684. The molecule has 1 aromatic carbocycles. The minimum Gasteiger partial charge on any atom is -0.365 e. The first-order valence-corrected chi connectivity index (χ1v) is 9.30. The van der Waals surface area contributed by atoms with Gasteiger partial charge in [0.15, 0.2) is 6.04 Å². The predicted octanol–water partition coefficient (Wildman–Crippen LogP) is -0.625. The van der Waals surface area contributed by atoms with Crippen molar-refractivity contribution in [1.29, 1.82) is 0 Å². The Hall–Kier alpha value is -1.44. The molecular weight excluding hydrogens is 314 g/mol. The normalized spacial score (nSPS) is 18.8. The summed E-state index contributed by atoms with van der Waals surface area (Å²) in [7, 11) is -3.51. The molecule has 6 nitrogen and oxygen atoms in total. The molecule has 0 radical (unpaired) electrons. The number of amides is 1. The zero-order valence-corrected chi connectivity index (χ0v) is 15.0. The largest absolute Gasteiger partial charge is 0.365 e. The zero-order valence-electron chi connectivity index (χ0n) is 14.2. The fraction of sp³-hybridized carbons (Fsp3) is 0.562. The number of rotatable bonds is 4. The molecule has 23 heavy (non-hydrogen) atoms. The van der Waals surface area contributed by atoms with Crippen LogP contribution in [-0.2, 0) is 14.8 Å². The Morgan fingerprint density at radius 2 is 1.65 bits per heavy atom. The van der Waals surface area contributed by atoms with Crippen LogP contribution in [-0.4, -0.2) is 50.9 Å². The molecule has 128 valence electrons. The highest BCUT2D eigenvalue weighted by Gasteiger charge is 2.35. The summed E-state index contributed by atoms with van der Waals surface area (Å²) >= 11 is 0. The number of benzene rings is 1. The fourth-order valence-corrected chi connectivity index (χ4v) is 5.20. The number of hydrogen-bond acceptors (Lipinski definition) is 3. The SMILES string of the molecule is Cc1cc(C)c(S(=O)(=O)N2CC[NH+]([C@@H](C)C(N)=O)CC2)c(C)c1. The zero-order chi connectivity index (χ0) is 17.4. The molecule has 1 amide bonds. The number of aryl methyl sites for hydroxylation is 3. The molecular formula is C16H26N3O3S+. The predicted molar refractivity (Wildman–Crippen MR) is 88.8 cm³/mol. The molecule has 2 rings (SSSR count). The van der Waals surface area contributed by atoms with E-state index in [0.717, 1.165) is 21.6 Å². The van der Waals surface area contributed by atoms with E-state index < -0.39 is 10.0 Å². The van der Waals surface area contributed by atoms with Gasteiger partial charge in [0, 0.05) is 0 Å². The lowest BCUT2D eigenvalue weighted by Crippen LogP contribution is -3.19. The first-order chi connectivity index (χ1) is 10.6. The van der Waals surface area contributed by atoms with Crippen LogP contribution in [0.3, 0.4) is 0 Å². The van der Waals surface area contributed by atoms with Gasteiger partial charge >= 0.3 is 0 Å². The molecule has 1 atom stereocenters. The third-order valence-electron chi connectivity index (χ3n) is 4.61. The Labute approximate surface area is 138 Å². The molecule has 0 bridgehead atoms. The average molecular weight is 340 g/mol. The van der Waals surface area contributed by atoms with Gasteiger partial charge in [-0.2, -0.15) is 4.31 Å². The number of hydrogen-bond donors (Lipinski definition) is 2. The number of nitrogens with zero attached hydrogens (tertiary/aromatic N) is 1. The molecule has 7 heteroatoms. The maximum atomic E-state index is 13.0. The van der Waals surface area contributed by atoms with Gasteiger partial charge in [-0.15, -0.1) is 0 Å². The fourth-order valence-electron chi connectivity index (χ4n) is 3.35. The number of piperazine rings is 1. The average Bonchev–Trinajstić information content (AvgIpc) is 2.45. The summed E-state index contributed by atoms with van der Waals surface area (Å²) < 4.78 is 27.5. The molecule has 0 aliphatic carbocycles. The first kappa shape index (κ1) is 17.9. The number of nitrogens with one attached hydrogen (secondary N) is 1. The molecule has 1 heterocycles. The smallest absolute Gasteiger partial charge is 0.275 e. The molecule has 0 saturated carbocycles. The Balaban J connectivity index is 2.22. The maximum absolute atomic E-state index is 13.0. The van der Waals surface area contributed by atoms with Gasteiger partial charge in [0.05, 0.1) is 31.1 Å². The van der Waals surface area contributed by atoms with Crippen molar-refractivity contribution in [3.63, 3.8) is 0 Å². The van der Waals surface area contributed by atoms with Gasteiger partial charge in [-0.1, -0.05) is 17.7 Å². The number of carbonyl (C=O) groups excluding carboxylic acids is 1. The molecule has 1 fully saturated rings. The Morgan fingerprint density at radius 1 is 1.17 bits per heavy atom. The number of quaternary nitrogens is 1. The van der Waals surface area contributed by atoms with Crippen molar-refractivity contribution in [2.45, 2.75) is 38.6 Å². The lowest BCUT2D eigenvalue weighted by Gasteiger charge is -2.34. The van der Waals surface area contributed by atoms with Gasteiger partial charge < -0.3 is 10.6 Å². The van der Waals surface area contributed by atoms with Crippen molar-refractivity contribution in [3.05, 3.63) is 28.8 Å². The van der Waals surface area contributed by atoms with E-state index in [9.17, 15) is 13.2 Å². The molecule has 1 aliphatic heterocycles. The van der Waals surface area contributed by atoms with Crippen molar-refractivity contribution in [1.82, 2.24) is 4.31 Å². The summed E-state index contributed by atoms with van der Waals surface area (Å²) in [6, 6.07) is 3.51. The van der Waals surface area contributed by atoms with Crippen LogP contribution in [0.25, 0.3) is 0 Å². The Kier molecular flexibility index (Phi) is 5.13. The number of sulfonamides is 1. The van der Waals surface area contributed by atoms with Gasteiger partial charge in [0.25, 0.3) is 5.91 Å². The van der Waals surface area contributed by atoms with E-state index in [0.29, 0.717) is 31.1 Å². The van der Waals surface area contributed by atoms with Crippen LogP contribution in [0.2, 0.25) is 0 Å². The van der Waals surface area contributed by atoms with Crippen LogP contribution in [0, 0.1) is 20.8 Å². The molecule has 3 N–H and O–H groups in total. The van der Waals surface area contributed by atoms with Gasteiger partial charge in [0.1, 0.15) is 0 Å². The lowest BCUT2D eigenvalue weighted by molar-refractivity contribution is -0.917. The van der Waals surface area contributed by atoms with Gasteiger partial charge in [-0.3, -0.25) is 4.79 Å². The van der Waals surface area contributed by atoms with E-state index in [-0.39, 0.29) is 11.9 Å². The highest BCUT2D eigenvalue weighted by molar-refractivity contribution is 7.89. The summed E-state index contributed by atoms with van der Waals surface area (Å²) in [5, 5.41) is 0. The third-order valence-corrected chi connectivity index (χ3v) is 6.81. The number of carbonyl (C=O) groups is 1. The van der Waals surface area contributed by atoms with E-state index in [1.165, 1.54) is 4.31 Å². The van der Waals surface area contributed by atoms with Gasteiger partial charge in [-0.25, -0.2) is 8.42 Å². The van der Waals surface area contributed by atoms with Crippen LogP contribution >= 0.6 is 0 Å². The summed E-state index contributed by atoms with van der Waals surface area (Å²) in [4.78, 5) is 12.7. The number of nitrogens with two attached hydrogens (primary N) is 1. The monoisotopic (exact) mass is 340 g/mol. The third kappa shape index (κ3) is 3.57. The first-order valence-electron chi connectivity index (χ1n) is 7.86. The maximum Gasteiger partial charge on any atom is 0.275 e. The van der Waals surface area contributed by atoms with Gasteiger partial charge in [-0.05, 0) is 38.8 Å². The van der Waals surface area contributed by atoms with E-state index in [4.69, 9.17) is 5.73 Å². The summed E-state index contributed by atoms with van der Waals surface area (Å²) in [5.41, 5.74) is 7.96. The van der Waals surface area contributed by atoms with E-state index in [1.807, 2.05) is 32.9 Å². The van der Waals surface area contributed by atoms with Crippen molar-refractivity contribution >= 4 is 15.9 Å². The van der Waals surface area contributed by atoms with E-state index in [1.54, 1.807) is 6.92 Å². The van der Waals surface area contributed by atoms with Crippen LogP contribution in [0.15, 0.2) is 17.0 Å². The van der Waals surface area contributed by atoms with Crippen LogP contribution in [0.1, 0.15) is 23.6 Å². The van der Waals surface area contributed by atoms with Crippen molar-refractivity contribution in [2.24, 2.45) is 5.73 Å². The second kappa shape index (κ2) is 6.59. The van der Waals surface area contributed by atoms with Gasteiger partial charge in [0.2, 0.25) is 10.0 Å². The Morgan fingerprint density at radius 3 is 2.09 bits per heavy atom. The van der Waals surface area contributed by atoms with Crippen LogP contribution in [0.4, 0.5) is 0 Å². The highest BCUT2D eigenvalue weighted by Crippen LogP contribution is 2.25. The second-order valence-corrected chi connectivity index (χ2v) is 8.29. The standard InChI is InChI=1S/C16H25N3O3S/c1-11-9-12(2)15(13(3)10-11)23(21,22)19-7-5-18(6-8-19)14(4)16(17)20/h9-10,14H,5-8H2,1-4H3,(H2,17,20)/p+1/t14-/m0/s1. The molecule has 1 aromatic rings. The second-order valence-electron chi connectivity index (χ2n) is 6.41. The number of primary amides is 1. The van der Waals surface area contributed by atoms with Crippen molar-refractivity contribution < 1.29 is 18.1 Å². The van der Waals surface area contributed by atoms with E-state index in [2.05, 4.69) is 0 Å². The van der Waals surface area contributed by atoms with Crippen LogP contribution in [0.5, 0.6) is 0 Å². The topological polar surface area (TPSA) is 84.9 Å². The molecule has 0 aromatic heterocycles. The van der Waals surface area contributed by atoms with Crippen LogP contribution < -0.4 is 10.6 Å². The minimum atomic E-state index is -3.51.